The van der Waals surface area contributed by atoms with Gasteiger partial charge in [-0.15, -0.1) is 0 Å². The molecule has 1 aromatic carbocycles. The molecule has 0 spiro atoms. The van der Waals surface area contributed by atoms with Crippen molar-refractivity contribution in [1.82, 2.24) is 5.32 Å². The fraction of sp³-hybridized carbons (Fsp3) is 0.286. The fourth-order valence-electron chi connectivity index (χ4n) is 1.58. The molecule has 4 heteroatoms. The second kappa shape index (κ2) is 6.00. The Morgan fingerprint density at radius 3 is 2.17 bits per heavy atom. The van der Waals surface area contributed by atoms with Crippen molar-refractivity contribution in [2.75, 3.05) is 12.4 Å². The van der Waals surface area contributed by atoms with E-state index in [1.807, 2.05) is 31.2 Å². The lowest BCUT2D eigenvalue weighted by atomic mass is 10.1. The summed E-state index contributed by atoms with van der Waals surface area (Å²) in [6.07, 6.45) is 0. The minimum absolute atomic E-state index is 0.242. The summed E-state index contributed by atoms with van der Waals surface area (Å²) in [5.74, 6) is -0.266. The van der Waals surface area contributed by atoms with Gasteiger partial charge in [0, 0.05) is 24.1 Å². The first-order valence-corrected chi connectivity index (χ1v) is 5.78. The number of carbonyl (C=O) groups excluding carboxylic acids is 1. The highest BCUT2D eigenvalue weighted by atomic mass is 16.1. The maximum atomic E-state index is 12.1. The van der Waals surface area contributed by atoms with Crippen LogP contribution in [0.15, 0.2) is 35.5 Å². The van der Waals surface area contributed by atoms with Gasteiger partial charge in [0.05, 0.1) is 5.57 Å². The molecule has 0 aliphatic carbocycles. The maximum Gasteiger partial charge on any atom is 0.259 e. The predicted molar refractivity (Wildman–Crippen MR) is 75.0 cm³/mol. The molecule has 0 aromatic heterocycles. The van der Waals surface area contributed by atoms with Crippen molar-refractivity contribution in [2.45, 2.75) is 20.8 Å². The second-order valence-corrected chi connectivity index (χ2v) is 4.20. The Kier molecular flexibility index (Phi) is 4.66. The topological polar surface area (TPSA) is 65.0 Å². The van der Waals surface area contributed by atoms with Crippen LogP contribution in [-0.2, 0) is 4.79 Å². The SMILES string of the molecule is CN/C(C)=C(\C(C)=N)C(=O)Nc1ccc(C)cc1. The minimum atomic E-state index is -0.266. The number of hydrogen-bond acceptors (Lipinski definition) is 3. The van der Waals surface area contributed by atoms with Crippen LogP contribution in [-0.4, -0.2) is 18.7 Å². The average molecular weight is 245 g/mol. The molecule has 0 fully saturated rings. The van der Waals surface area contributed by atoms with Gasteiger partial charge in [-0.1, -0.05) is 17.7 Å². The molecule has 0 atom stereocenters. The summed E-state index contributed by atoms with van der Waals surface area (Å²) < 4.78 is 0. The minimum Gasteiger partial charge on any atom is -0.391 e. The van der Waals surface area contributed by atoms with E-state index in [4.69, 9.17) is 5.41 Å². The molecule has 0 heterocycles. The standard InChI is InChI=1S/C14H19N3O/c1-9-5-7-12(8-6-9)17-14(18)13(10(2)15)11(3)16-4/h5-8,15-16H,1-4H3,(H,17,18)/b13-11+,15-10?. The molecule has 0 aliphatic heterocycles. The van der Waals surface area contributed by atoms with Crippen molar-refractivity contribution in [1.29, 1.82) is 5.41 Å². The normalized spacial score (nSPS) is 11.6. The van der Waals surface area contributed by atoms with Gasteiger partial charge in [-0.2, -0.15) is 0 Å². The quantitative estimate of drug-likeness (QED) is 0.563. The van der Waals surface area contributed by atoms with Crippen molar-refractivity contribution < 1.29 is 4.79 Å². The van der Waals surface area contributed by atoms with E-state index < -0.39 is 0 Å². The molecule has 4 nitrogen and oxygen atoms in total. The number of anilines is 1. The highest BCUT2D eigenvalue weighted by Crippen LogP contribution is 2.12. The molecule has 0 radical (unpaired) electrons. The molecule has 0 saturated heterocycles. The van der Waals surface area contributed by atoms with Crippen molar-refractivity contribution in [3.8, 4) is 0 Å². The molecular formula is C14H19N3O. The van der Waals surface area contributed by atoms with Crippen LogP contribution >= 0.6 is 0 Å². The number of amides is 1. The Balaban J connectivity index is 2.93. The van der Waals surface area contributed by atoms with Gasteiger partial charge >= 0.3 is 0 Å². The lowest BCUT2D eigenvalue weighted by Gasteiger charge is -2.11. The van der Waals surface area contributed by atoms with E-state index in [9.17, 15) is 4.79 Å². The first kappa shape index (κ1) is 14.0. The molecule has 3 N–H and O–H groups in total. The monoisotopic (exact) mass is 245 g/mol. The molecule has 1 aromatic rings. The smallest absolute Gasteiger partial charge is 0.259 e. The zero-order valence-electron chi connectivity index (χ0n) is 11.2. The lowest BCUT2D eigenvalue weighted by molar-refractivity contribution is -0.112. The number of allylic oxidation sites excluding steroid dienone is 1. The molecule has 96 valence electrons. The van der Waals surface area contributed by atoms with Crippen LogP contribution in [0.5, 0.6) is 0 Å². The number of rotatable bonds is 4. The van der Waals surface area contributed by atoms with E-state index >= 15 is 0 Å². The van der Waals surface area contributed by atoms with Gasteiger partial charge < -0.3 is 16.0 Å². The summed E-state index contributed by atoms with van der Waals surface area (Å²) >= 11 is 0. The Morgan fingerprint density at radius 2 is 1.72 bits per heavy atom. The summed E-state index contributed by atoms with van der Waals surface area (Å²) in [5, 5.41) is 13.3. The third-order valence-electron chi connectivity index (χ3n) is 2.66. The van der Waals surface area contributed by atoms with E-state index in [1.165, 1.54) is 0 Å². The summed E-state index contributed by atoms with van der Waals surface area (Å²) in [6, 6.07) is 7.56. The largest absolute Gasteiger partial charge is 0.391 e. The average Bonchev–Trinajstić information content (AvgIpc) is 2.31. The Bertz CT molecular complexity index is 486. The van der Waals surface area contributed by atoms with Crippen LogP contribution < -0.4 is 10.6 Å². The van der Waals surface area contributed by atoms with E-state index in [0.717, 1.165) is 11.3 Å². The van der Waals surface area contributed by atoms with Crippen LogP contribution in [0.2, 0.25) is 0 Å². The van der Waals surface area contributed by atoms with Crippen molar-refractivity contribution in [3.63, 3.8) is 0 Å². The van der Waals surface area contributed by atoms with Gasteiger partial charge in [-0.25, -0.2) is 0 Å². The van der Waals surface area contributed by atoms with Crippen LogP contribution in [0, 0.1) is 12.3 Å². The van der Waals surface area contributed by atoms with Gasteiger partial charge in [0.25, 0.3) is 5.91 Å². The van der Waals surface area contributed by atoms with E-state index in [0.29, 0.717) is 11.3 Å². The van der Waals surface area contributed by atoms with E-state index in [1.54, 1.807) is 20.9 Å². The number of benzene rings is 1. The summed E-state index contributed by atoms with van der Waals surface area (Å²) in [5.41, 5.74) is 3.17. The molecule has 0 unspecified atom stereocenters. The lowest BCUT2D eigenvalue weighted by Crippen LogP contribution is -2.23. The van der Waals surface area contributed by atoms with Crippen LogP contribution in [0.1, 0.15) is 19.4 Å². The first-order valence-electron chi connectivity index (χ1n) is 5.78. The highest BCUT2D eigenvalue weighted by molar-refractivity contribution is 6.24. The van der Waals surface area contributed by atoms with E-state index in [2.05, 4.69) is 10.6 Å². The predicted octanol–water partition coefficient (Wildman–Crippen LogP) is 2.47. The molecule has 1 amide bonds. The Labute approximate surface area is 108 Å². The van der Waals surface area contributed by atoms with Crippen molar-refractivity contribution in [3.05, 3.63) is 41.1 Å². The second-order valence-electron chi connectivity index (χ2n) is 4.20. The fourth-order valence-corrected chi connectivity index (χ4v) is 1.58. The number of nitrogens with one attached hydrogen (secondary N) is 3. The molecule has 18 heavy (non-hydrogen) atoms. The maximum absolute atomic E-state index is 12.1. The summed E-state index contributed by atoms with van der Waals surface area (Å²) in [6.45, 7) is 5.37. The first-order chi connectivity index (χ1) is 8.45. The zero-order valence-corrected chi connectivity index (χ0v) is 11.2. The summed E-state index contributed by atoms with van der Waals surface area (Å²) in [7, 11) is 1.73. The van der Waals surface area contributed by atoms with Gasteiger partial charge in [-0.3, -0.25) is 4.79 Å². The Hall–Kier alpha value is -2.10. The van der Waals surface area contributed by atoms with Crippen LogP contribution in [0.4, 0.5) is 5.69 Å². The van der Waals surface area contributed by atoms with Crippen molar-refractivity contribution >= 4 is 17.3 Å². The van der Waals surface area contributed by atoms with E-state index in [-0.39, 0.29) is 11.6 Å². The summed E-state index contributed by atoms with van der Waals surface area (Å²) in [4.78, 5) is 12.1. The van der Waals surface area contributed by atoms with Crippen LogP contribution in [0.25, 0.3) is 0 Å². The molecule has 1 rings (SSSR count). The highest BCUT2D eigenvalue weighted by Gasteiger charge is 2.14. The number of aryl methyl sites for hydroxylation is 1. The number of carbonyl (C=O) groups is 1. The molecule has 0 bridgehead atoms. The van der Waals surface area contributed by atoms with Gasteiger partial charge in [0.15, 0.2) is 0 Å². The third kappa shape index (κ3) is 3.45. The van der Waals surface area contributed by atoms with Gasteiger partial charge in [-0.05, 0) is 32.9 Å². The van der Waals surface area contributed by atoms with Gasteiger partial charge in [0.2, 0.25) is 0 Å². The van der Waals surface area contributed by atoms with Crippen LogP contribution in [0.3, 0.4) is 0 Å². The Morgan fingerprint density at radius 1 is 1.17 bits per heavy atom. The molecule has 0 aliphatic rings. The van der Waals surface area contributed by atoms with Crippen molar-refractivity contribution in [2.24, 2.45) is 0 Å². The molecular weight excluding hydrogens is 226 g/mol. The number of hydrogen-bond donors (Lipinski definition) is 3. The van der Waals surface area contributed by atoms with Gasteiger partial charge in [0.1, 0.15) is 0 Å². The molecule has 0 saturated carbocycles. The third-order valence-corrected chi connectivity index (χ3v) is 2.66. The zero-order chi connectivity index (χ0) is 13.7.